The third-order valence-corrected chi connectivity index (χ3v) is 5.49. The van der Waals surface area contributed by atoms with E-state index in [1.165, 1.54) is 33.9 Å². The minimum absolute atomic E-state index is 0.181. The molecule has 0 saturated carbocycles. The largest absolute Gasteiger partial charge is 0.279 e. The smallest absolute Gasteiger partial charge is 0.267 e. The van der Waals surface area contributed by atoms with E-state index in [2.05, 4.69) is 17.8 Å². The van der Waals surface area contributed by atoms with Gasteiger partial charge in [-0.1, -0.05) is 18.5 Å². The molecule has 0 aliphatic heterocycles. The second kappa shape index (κ2) is 6.91. The van der Waals surface area contributed by atoms with Gasteiger partial charge >= 0.3 is 0 Å². The van der Waals surface area contributed by atoms with Crippen molar-refractivity contribution in [2.24, 2.45) is 5.92 Å². The number of amides is 2. The maximum absolute atomic E-state index is 13.7. The molecule has 0 unspecified atom stereocenters. The molecular formula is C17H16ClFN2O2S. The number of hydrogen-bond donors (Lipinski definition) is 2. The minimum Gasteiger partial charge on any atom is -0.267 e. The van der Waals surface area contributed by atoms with Gasteiger partial charge < -0.3 is 0 Å². The number of nitrogens with one attached hydrogen (secondary N) is 2. The van der Waals surface area contributed by atoms with Crippen molar-refractivity contribution < 1.29 is 14.0 Å². The molecule has 1 atom stereocenters. The first-order chi connectivity index (χ1) is 11.4. The summed E-state index contributed by atoms with van der Waals surface area (Å²) in [7, 11) is 0. The number of carbonyl (C=O) groups is 2. The van der Waals surface area contributed by atoms with Crippen LogP contribution in [0.25, 0.3) is 0 Å². The SMILES string of the molecule is C[C@@H]1CCc2sc(C(=O)NNC(=O)c3ccc(Cl)cc3F)cc2C1. The van der Waals surface area contributed by atoms with E-state index in [0.717, 1.165) is 25.3 Å². The zero-order valence-corrected chi connectivity index (χ0v) is 14.6. The van der Waals surface area contributed by atoms with Gasteiger partial charge in [0.05, 0.1) is 10.4 Å². The minimum atomic E-state index is -0.741. The third kappa shape index (κ3) is 3.60. The van der Waals surface area contributed by atoms with Crippen molar-refractivity contribution >= 4 is 34.8 Å². The van der Waals surface area contributed by atoms with Crippen LogP contribution in [0.15, 0.2) is 24.3 Å². The zero-order chi connectivity index (χ0) is 17.3. The van der Waals surface area contributed by atoms with Crippen molar-refractivity contribution in [2.75, 3.05) is 0 Å². The molecule has 0 saturated heterocycles. The Hall–Kier alpha value is -1.92. The van der Waals surface area contributed by atoms with Gasteiger partial charge in [-0.05, 0) is 55.0 Å². The summed E-state index contributed by atoms with van der Waals surface area (Å²) in [5, 5.41) is 0.200. The van der Waals surface area contributed by atoms with Crippen LogP contribution >= 0.6 is 22.9 Å². The highest BCUT2D eigenvalue weighted by Gasteiger charge is 2.21. The number of rotatable bonds is 2. The highest BCUT2D eigenvalue weighted by molar-refractivity contribution is 7.14. The van der Waals surface area contributed by atoms with Crippen LogP contribution in [-0.2, 0) is 12.8 Å². The van der Waals surface area contributed by atoms with Crippen LogP contribution in [-0.4, -0.2) is 11.8 Å². The van der Waals surface area contributed by atoms with Gasteiger partial charge in [-0.15, -0.1) is 11.3 Å². The first kappa shape index (κ1) is 16.9. The molecule has 24 heavy (non-hydrogen) atoms. The van der Waals surface area contributed by atoms with Crippen LogP contribution < -0.4 is 10.9 Å². The van der Waals surface area contributed by atoms with Crippen molar-refractivity contribution in [3.63, 3.8) is 0 Å². The summed E-state index contributed by atoms with van der Waals surface area (Å²) in [6, 6.07) is 5.60. The van der Waals surface area contributed by atoms with Gasteiger partial charge in [0.1, 0.15) is 5.82 Å². The van der Waals surface area contributed by atoms with Gasteiger partial charge in [0.15, 0.2) is 0 Å². The summed E-state index contributed by atoms with van der Waals surface area (Å²) in [5.41, 5.74) is 5.59. The van der Waals surface area contributed by atoms with Gasteiger partial charge in [-0.3, -0.25) is 20.4 Å². The summed E-state index contributed by atoms with van der Waals surface area (Å²) in [4.78, 5) is 25.9. The van der Waals surface area contributed by atoms with Gasteiger partial charge in [-0.2, -0.15) is 0 Å². The number of thiophene rings is 1. The molecular weight excluding hydrogens is 351 g/mol. The van der Waals surface area contributed by atoms with Crippen molar-refractivity contribution in [3.8, 4) is 0 Å². The number of hydrogen-bond acceptors (Lipinski definition) is 3. The van der Waals surface area contributed by atoms with E-state index in [9.17, 15) is 14.0 Å². The lowest BCUT2D eigenvalue weighted by molar-refractivity contribution is 0.0846. The number of halogens is 2. The van der Waals surface area contributed by atoms with E-state index in [4.69, 9.17) is 11.6 Å². The number of hydrazine groups is 1. The van der Waals surface area contributed by atoms with Gasteiger partial charge in [0.25, 0.3) is 11.8 Å². The number of fused-ring (bicyclic) bond motifs is 1. The lowest BCUT2D eigenvalue weighted by Crippen LogP contribution is -2.41. The Kier molecular flexibility index (Phi) is 4.87. The molecule has 1 heterocycles. The quantitative estimate of drug-likeness (QED) is 0.795. The van der Waals surface area contributed by atoms with Crippen LogP contribution in [0, 0.1) is 11.7 Å². The van der Waals surface area contributed by atoms with Gasteiger partial charge in [-0.25, -0.2) is 4.39 Å². The van der Waals surface area contributed by atoms with Crippen molar-refractivity contribution in [2.45, 2.75) is 26.2 Å². The highest BCUT2D eigenvalue weighted by Crippen LogP contribution is 2.32. The van der Waals surface area contributed by atoms with E-state index >= 15 is 0 Å². The zero-order valence-electron chi connectivity index (χ0n) is 13.0. The maximum Gasteiger partial charge on any atom is 0.279 e. The molecule has 0 spiro atoms. The molecule has 1 aliphatic carbocycles. The Balaban J connectivity index is 1.64. The molecule has 2 amide bonds. The number of carbonyl (C=O) groups excluding carboxylic acids is 2. The Morgan fingerprint density at radius 2 is 2.00 bits per heavy atom. The molecule has 0 bridgehead atoms. The number of aryl methyl sites for hydroxylation is 1. The fourth-order valence-corrected chi connectivity index (χ4v) is 4.00. The molecule has 2 N–H and O–H groups in total. The summed E-state index contributed by atoms with van der Waals surface area (Å²) >= 11 is 7.09. The fraction of sp³-hybridized carbons (Fsp3) is 0.294. The van der Waals surface area contributed by atoms with E-state index in [1.807, 2.05) is 6.07 Å². The molecule has 1 aromatic heterocycles. The lowest BCUT2D eigenvalue weighted by Gasteiger charge is -2.16. The van der Waals surface area contributed by atoms with E-state index < -0.39 is 17.6 Å². The summed E-state index contributed by atoms with van der Waals surface area (Å²) in [5.74, 6) is -1.25. The molecule has 1 aromatic carbocycles. The van der Waals surface area contributed by atoms with Crippen LogP contribution in [0.4, 0.5) is 4.39 Å². The maximum atomic E-state index is 13.7. The monoisotopic (exact) mass is 366 g/mol. The second-order valence-corrected chi connectivity index (χ2v) is 7.51. The lowest BCUT2D eigenvalue weighted by atomic mass is 9.90. The summed E-state index contributed by atoms with van der Waals surface area (Å²) < 4.78 is 13.7. The molecule has 1 aliphatic rings. The molecule has 0 radical (unpaired) electrons. The standard InChI is InChI=1S/C17H16ClFN2O2S/c1-9-2-5-14-10(6-9)7-15(24-14)17(23)21-20-16(22)12-4-3-11(18)8-13(12)19/h3-4,7-9H,2,5-6H2,1H3,(H,20,22)(H,21,23)/t9-/m1/s1. The average molecular weight is 367 g/mol. The Morgan fingerprint density at radius 1 is 1.25 bits per heavy atom. The van der Waals surface area contributed by atoms with Crippen LogP contribution in [0.2, 0.25) is 5.02 Å². The average Bonchev–Trinajstić information content (AvgIpc) is 2.95. The van der Waals surface area contributed by atoms with Crippen molar-refractivity contribution in [1.82, 2.24) is 10.9 Å². The molecule has 7 heteroatoms. The van der Waals surface area contributed by atoms with Crippen molar-refractivity contribution in [1.29, 1.82) is 0 Å². The first-order valence-electron chi connectivity index (χ1n) is 7.61. The van der Waals surface area contributed by atoms with Crippen LogP contribution in [0.3, 0.4) is 0 Å². The molecule has 126 valence electrons. The fourth-order valence-electron chi connectivity index (χ4n) is 2.73. The normalized spacial score (nSPS) is 16.4. The molecule has 3 rings (SSSR count). The topological polar surface area (TPSA) is 58.2 Å². The summed E-state index contributed by atoms with van der Waals surface area (Å²) in [6.07, 6.45) is 3.08. The number of benzene rings is 1. The van der Waals surface area contributed by atoms with Crippen LogP contribution in [0.5, 0.6) is 0 Å². The molecule has 4 nitrogen and oxygen atoms in total. The van der Waals surface area contributed by atoms with E-state index in [1.54, 1.807) is 0 Å². The first-order valence-corrected chi connectivity index (χ1v) is 8.81. The molecule has 2 aromatic rings. The predicted octanol–water partition coefficient (Wildman–Crippen LogP) is 3.74. The highest BCUT2D eigenvalue weighted by atomic mass is 35.5. The third-order valence-electron chi connectivity index (χ3n) is 4.02. The Labute approximate surface area is 148 Å². The van der Waals surface area contributed by atoms with Gasteiger partial charge in [0, 0.05) is 9.90 Å². The van der Waals surface area contributed by atoms with Crippen molar-refractivity contribution in [3.05, 3.63) is 56.0 Å². The predicted molar refractivity (Wildman–Crippen MR) is 91.9 cm³/mol. The summed E-state index contributed by atoms with van der Waals surface area (Å²) in [6.45, 7) is 2.20. The van der Waals surface area contributed by atoms with Crippen LogP contribution in [0.1, 0.15) is 43.8 Å². The molecule has 0 fully saturated rings. The van der Waals surface area contributed by atoms with Gasteiger partial charge in [0.2, 0.25) is 0 Å². The Morgan fingerprint density at radius 3 is 2.75 bits per heavy atom. The second-order valence-electron chi connectivity index (χ2n) is 5.94. The van der Waals surface area contributed by atoms with E-state index in [0.29, 0.717) is 10.8 Å². The van der Waals surface area contributed by atoms with E-state index in [-0.39, 0.29) is 10.6 Å². The Bertz CT molecular complexity index is 806.